The minimum Gasteiger partial charge on any atom is -0.390 e. The van der Waals surface area contributed by atoms with Gasteiger partial charge < -0.3 is 14.9 Å². The van der Waals surface area contributed by atoms with E-state index in [0.717, 1.165) is 56.4 Å². The van der Waals surface area contributed by atoms with Crippen LogP contribution in [-0.4, -0.2) is 46.6 Å². The summed E-state index contributed by atoms with van der Waals surface area (Å²) in [6.45, 7) is 1.59. The van der Waals surface area contributed by atoms with Gasteiger partial charge in [-0.1, -0.05) is 17.7 Å². The number of halogens is 1. The molecule has 1 N–H and O–H groups in total. The van der Waals surface area contributed by atoms with Gasteiger partial charge in [-0.05, 0) is 86.8 Å². The summed E-state index contributed by atoms with van der Waals surface area (Å²) in [6, 6.07) is 6.18. The van der Waals surface area contributed by atoms with Gasteiger partial charge in [-0.25, -0.2) is 0 Å². The average Bonchev–Trinajstić information content (AvgIpc) is 3.28. The van der Waals surface area contributed by atoms with Crippen LogP contribution in [0.15, 0.2) is 18.2 Å². The lowest BCUT2D eigenvalue weighted by atomic mass is 9.52. The van der Waals surface area contributed by atoms with Gasteiger partial charge in [0.1, 0.15) is 0 Å². The van der Waals surface area contributed by atoms with E-state index in [1.165, 1.54) is 12.8 Å². The van der Waals surface area contributed by atoms with Gasteiger partial charge in [-0.15, -0.1) is 0 Å². The first-order chi connectivity index (χ1) is 14.9. The summed E-state index contributed by atoms with van der Waals surface area (Å²) < 4.78 is 0. The molecule has 0 spiro atoms. The second kappa shape index (κ2) is 7.21. The van der Waals surface area contributed by atoms with Crippen LogP contribution in [0.3, 0.4) is 0 Å². The fourth-order valence-electron chi connectivity index (χ4n) is 7.77. The highest BCUT2D eigenvalue weighted by Crippen LogP contribution is 2.57. The monoisotopic (exact) mass is 442 g/mol. The molecular weight excluding hydrogens is 412 g/mol. The highest BCUT2D eigenvalue weighted by atomic mass is 35.5. The number of anilines is 1. The minimum atomic E-state index is -0.457. The van der Waals surface area contributed by atoms with Crippen LogP contribution in [0.5, 0.6) is 0 Å². The largest absolute Gasteiger partial charge is 0.390 e. The number of carbonyl (C=O) groups is 2. The molecule has 6 aliphatic rings. The Morgan fingerprint density at radius 2 is 1.87 bits per heavy atom. The predicted octanol–water partition coefficient (Wildman–Crippen LogP) is 3.80. The van der Waals surface area contributed by atoms with E-state index in [1.807, 2.05) is 18.2 Å². The molecule has 3 atom stereocenters. The zero-order valence-corrected chi connectivity index (χ0v) is 18.7. The zero-order chi connectivity index (χ0) is 21.3. The van der Waals surface area contributed by atoms with Crippen molar-refractivity contribution in [3.63, 3.8) is 0 Å². The van der Waals surface area contributed by atoms with Crippen molar-refractivity contribution in [3.05, 3.63) is 28.8 Å². The van der Waals surface area contributed by atoms with Crippen molar-refractivity contribution in [2.45, 2.75) is 69.4 Å². The Hall–Kier alpha value is -1.59. The maximum Gasteiger partial charge on any atom is 0.227 e. The Morgan fingerprint density at radius 1 is 1.10 bits per heavy atom. The molecule has 2 aliphatic heterocycles. The third-order valence-electron chi connectivity index (χ3n) is 8.79. The Morgan fingerprint density at radius 3 is 2.52 bits per heavy atom. The lowest BCUT2D eigenvalue weighted by Crippen LogP contribution is -2.62. The van der Waals surface area contributed by atoms with Crippen LogP contribution in [0.2, 0.25) is 5.02 Å². The van der Waals surface area contributed by atoms with Gasteiger partial charge in [-0.2, -0.15) is 0 Å². The molecule has 7 rings (SSSR count). The van der Waals surface area contributed by atoms with Gasteiger partial charge in [0.25, 0.3) is 0 Å². The van der Waals surface area contributed by atoms with E-state index in [1.54, 1.807) is 4.90 Å². The molecule has 5 nitrogen and oxygen atoms in total. The van der Waals surface area contributed by atoms with Crippen LogP contribution in [0, 0.1) is 23.7 Å². The Labute approximate surface area is 188 Å². The molecular formula is C25H31ClN2O3. The molecule has 1 aromatic rings. The Kier molecular flexibility index (Phi) is 4.66. The van der Waals surface area contributed by atoms with Crippen LogP contribution >= 0.6 is 11.6 Å². The second-order valence-electron chi connectivity index (χ2n) is 10.8. The van der Waals surface area contributed by atoms with Gasteiger partial charge in [0.15, 0.2) is 0 Å². The maximum atomic E-state index is 13.4. The van der Waals surface area contributed by atoms with Crippen molar-refractivity contribution in [2.24, 2.45) is 23.7 Å². The molecule has 6 heteroatoms. The van der Waals surface area contributed by atoms with E-state index in [0.29, 0.717) is 41.7 Å². The average molecular weight is 443 g/mol. The van der Waals surface area contributed by atoms with Crippen molar-refractivity contribution in [3.8, 4) is 0 Å². The first kappa shape index (κ1) is 20.0. The quantitative estimate of drug-likeness (QED) is 0.771. The molecule has 2 amide bonds. The van der Waals surface area contributed by atoms with Crippen LogP contribution in [0.1, 0.15) is 56.9 Å². The van der Waals surface area contributed by atoms with Gasteiger partial charge in [-0.3, -0.25) is 9.59 Å². The number of aliphatic hydroxyl groups is 1. The number of nitrogens with zero attached hydrogens (tertiary/aromatic N) is 2. The molecule has 4 aliphatic carbocycles. The molecule has 2 saturated heterocycles. The second-order valence-corrected chi connectivity index (χ2v) is 11.2. The highest BCUT2D eigenvalue weighted by molar-refractivity contribution is 6.31. The van der Waals surface area contributed by atoms with Crippen LogP contribution in [0.25, 0.3) is 0 Å². The third-order valence-corrected chi connectivity index (χ3v) is 9.14. The summed E-state index contributed by atoms with van der Waals surface area (Å²) in [7, 11) is 0. The summed E-state index contributed by atoms with van der Waals surface area (Å²) in [5.74, 6) is 2.02. The molecule has 166 valence electrons. The van der Waals surface area contributed by atoms with E-state index in [4.69, 9.17) is 11.6 Å². The molecule has 2 heterocycles. The normalized spacial score (nSPS) is 39.2. The number of carbonyl (C=O) groups excluding carboxylic acids is 2. The third kappa shape index (κ3) is 3.31. The smallest absolute Gasteiger partial charge is 0.227 e. The van der Waals surface area contributed by atoms with E-state index in [2.05, 4.69) is 4.90 Å². The van der Waals surface area contributed by atoms with Crippen molar-refractivity contribution in [1.82, 2.24) is 4.90 Å². The van der Waals surface area contributed by atoms with Gasteiger partial charge in [0, 0.05) is 42.2 Å². The summed E-state index contributed by atoms with van der Waals surface area (Å²) in [4.78, 5) is 29.4. The SMILES string of the molecule is O=C1CCCN1c1ccc(CC2CCN(C3C4CC5CC3CC(O)(C5)C4)C2=O)c(Cl)c1. The molecule has 0 aromatic heterocycles. The van der Waals surface area contributed by atoms with Gasteiger partial charge >= 0.3 is 0 Å². The van der Waals surface area contributed by atoms with Crippen molar-refractivity contribution >= 4 is 29.1 Å². The zero-order valence-electron chi connectivity index (χ0n) is 17.9. The molecule has 3 unspecified atom stereocenters. The standard InChI is InChI=1S/C25H31ClN2O3/c26-21-11-20(27-6-1-2-22(27)29)4-3-16(21)10-17-5-7-28(24(17)30)23-18-8-15-9-19(23)14-25(31,12-15)13-18/h3-4,11,15,17-19,23,31H,1-2,5-10,12-14H2. The van der Waals surface area contributed by atoms with Gasteiger partial charge in [0.2, 0.25) is 11.8 Å². The molecule has 0 radical (unpaired) electrons. The van der Waals surface area contributed by atoms with Crippen LogP contribution in [0.4, 0.5) is 5.69 Å². The first-order valence-electron chi connectivity index (χ1n) is 12.0. The van der Waals surface area contributed by atoms with Crippen LogP contribution < -0.4 is 4.90 Å². The van der Waals surface area contributed by atoms with E-state index in [9.17, 15) is 14.7 Å². The summed E-state index contributed by atoms with van der Waals surface area (Å²) in [5, 5.41) is 11.5. The van der Waals surface area contributed by atoms with E-state index < -0.39 is 5.60 Å². The highest BCUT2D eigenvalue weighted by Gasteiger charge is 2.57. The van der Waals surface area contributed by atoms with E-state index >= 15 is 0 Å². The maximum absolute atomic E-state index is 13.4. The molecule has 6 fully saturated rings. The fraction of sp³-hybridized carbons (Fsp3) is 0.680. The molecule has 4 bridgehead atoms. The van der Waals surface area contributed by atoms with Gasteiger partial charge in [0.05, 0.1) is 5.60 Å². The van der Waals surface area contributed by atoms with E-state index in [-0.39, 0.29) is 17.7 Å². The van der Waals surface area contributed by atoms with Crippen molar-refractivity contribution in [1.29, 1.82) is 0 Å². The van der Waals surface area contributed by atoms with Crippen LogP contribution in [-0.2, 0) is 16.0 Å². The number of benzene rings is 1. The summed E-state index contributed by atoms with van der Waals surface area (Å²) >= 11 is 6.59. The number of rotatable bonds is 4. The number of hydrogen-bond donors (Lipinski definition) is 1. The first-order valence-corrected chi connectivity index (χ1v) is 12.4. The van der Waals surface area contributed by atoms with Crippen molar-refractivity contribution in [2.75, 3.05) is 18.0 Å². The Balaban J connectivity index is 1.16. The summed E-state index contributed by atoms with van der Waals surface area (Å²) in [5.41, 5.74) is 1.40. The molecule has 31 heavy (non-hydrogen) atoms. The lowest BCUT2D eigenvalue weighted by Gasteiger charge is -2.59. The fourth-order valence-corrected chi connectivity index (χ4v) is 8.02. The summed E-state index contributed by atoms with van der Waals surface area (Å²) in [6.07, 6.45) is 8.13. The lowest BCUT2D eigenvalue weighted by molar-refractivity contribution is -0.168. The molecule has 1 aromatic carbocycles. The number of amides is 2. The molecule has 4 saturated carbocycles. The Bertz CT molecular complexity index is 917. The minimum absolute atomic E-state index is 0.0166. The number of hydrogen-bond acceptors (Lipinski definition) is 3. The number of likely N-dealkylation sites (tertiary alicyclic amines) is 1. The topological polar surface area (TPSA) is 60.9 Å². The predicted molar refractivity (Wildman–Crippen MR) is 119 cm³/mol. The van der Waals surface area contributed by atoms with Crippen molar-refractivity contribution < 1.29 is 14.7 Å².